The summed E-state index contributed by atoms with van der Waals surface area (Å²) in [4.78, 5) is 0. The van der Waals surface area contributed by atoms with Crippen molar-refractivity contribution in [2.75, 3.05) is 0 Å². The number of aryl methyl sites for hydroxylation is 1. The Morgan fingerprint density at radius 1 is 1.19 bits per heavy atom. The Bertz CT molecular complexity index is 798. The highest BCUT2D eigenvalue weighted by atomic mass is 35.5. The molecule has 108 valence electrons. The average molecular weight is 321 g/mol. The van der Waals surface area contributed by atoms with E-state index in [1.807, 2.05) is 31.3 Å². The molecule has 21 heavy (non-hydrogen) atoms. The number of hydrogen-bond donors (Lipinski definition) is 1. The van der Waals surface area contributed by atoms with Gasteiger partial charge in [0.1, 0.15) is 6.10 Å². The summed E-state index contributed by atoms with van der Waals surface area (Å²) < 4.78 is 1.77. The number of aliphatic hydroxyl groups is 1. The van der Waals surface area contributed by atoms with Gasteiger partial charge >= 0.3 is 0 Å². The number of rotatable bonds is 3. The minimum atomic E-state index is -0.730. The molecule has 3 nitrogen and oxygen atoms in total. The standard InChI is InChI=1S/C16H14Cl2N2O/c1-20-14-5-3-2-4-12(14)16(19-20)15(21)9-10-8-11(17)6-7-13(10)18/h2-8,15,21H,9H2,1H3. The van der Waals surface area contributed by atoms with E-state index in [1.165, 1.54) is 0 Å². The first kappa shape index (κ1) is 14.4. The fourth-order valence-electron chi connectivity index (χ4n) is 2.49. The van der Waals surface area contributed by atoms with Crippen LogP contribution in [0.3, 0.4) is 0 Å². The molecule has 1 aromatic heterocycles. The number of benzene rings is 2. The van der Waals surface area contributed by atoms with Crippen LogP contribution in [0.1, 0.15) is 17.4 Å². The Hall–Kier alpha value is -1.55. The van der Waals surface area contributed by atoms with Crippen LogP contribution in [-0.2, 0) is 13.5 Å². The molecule has 1 N–H and O–H groups in total. The Morgan fingerprint density at radius 2 is 1.95 bits per heavy atom. The number of fused-ring (bicyclic) bond motifs is 1. The van der Waals surface area contributed by atoms with E-state index in [0.29, 0.717) is 22.2 Å². The first-order valence-corrected chi connectivity index (χ1v) is 7.35. The van der Waals surface area contributed by atoms with Gasteiger partial charge in [0.25, 0.3) is 0 Å². The van der Waals surface area contributed by atoms with Crippen LogP contribution in [-0.4, -0.2) is 14.9 Å². The first-order valence-electron chi connectivity index (χ1n) is 6.60. The fraction of sp³-hybridized carbons (Fsp3) is 0.188. The van der Waals surface area contributed by atoms with Gasteiger partial charge in [-0.3, -0.25) is 4.68 Å². The predicted octanol–water partition coefficient (Wildman–Crippen LogP) is 4.16. The van der Waals surface area contributed by atoms with Crippen molar-refractivity contribution in [1.82, 2.24) is 9.78 Å². The number of para-hydroxylation sites is 1. The molecule has 0 radical (unpaired) electrons. The molecule has 0 spiro atoms. The van der Waals surface area contributed by atoms with Crippen molar-refractivity contribution < 1.29 is 5.11 Å². The van der Waals surface area contributed by atoms with Gasteiger partial charge in [0.05, 0.1) is 11.2 Å². The van der Waals surface area contributed by atoms with Crippen molar-refractivity contribution in [2.45, 2.75) is 12.5 Å². The van der Waals surface area contributed by atoms with Gasteiger partial charge in [-0.25, -0.2) is 0 Å². The molecule has 2 aromatic carbocycles. The maximum absolute atomic E-state index is 10.5. The van der Waals surface area contributed by atoms with Gasteiger partial charge in [0.15, 0.2) is 0 Å². The highest BCUT2D eigenvalue weighted by Gasteiger charge is 2.18. The third-order valence-corrected chi connectivity index (χ3v) is 4.13. The molecule has 0 saturated heterocycles. The van der Waals surface area contributed by atoms with E-state index in [-0.39, 0.29) is 0 Å². The van der Waals surface area contributed by atoms with E-state index in [1.54, 1.807) is 22.9 Å². The van der Waals surface area contributed by atoms with Crippen LogP contribution < -0.4 is 0 Å². The summed E-state index contributed by atoms with van der Waals surface area (Å²) in [5.41, 5.74) is 2.46. The van der Waals surface area contributed by atoms with E-state index in [0.717, 1.165) is 16.5 Å². The Balaban J connectivity index is 1.97. The minimum absolute atomic E-state index is 0.375. The zero-order chi connectivity index (χ0) is 15.0. The number of halogens is 2. The van der Waals surface area contributed by atoms with Crippen molar-refractivity contribution in [3.8, 4) is 0 Å². The lowest BCUT2D eigenvalue weighted by Crippen LogP contribution is -2.04. The van der Waals surface area contributed by atoms with E-state index in [4.69, 9.17) is 23.2 Å². The molecule has 0 bridgehead atoms. The SMILES string of the molecule is Cn1nc(C(O)Cc2cc(Cl)ccc2Cl)c2ccccc21. The number of hydrogen-bond acceptors (Lipinski definition) is 2. The van der Waals surface area contributed by atoms with Gasteiger partial charge in [0.2, 0.25) is 0 Å². The molecular weight excluding hydrogens is 307 g/mol. The molecule has 1 unspecified atom stereocenters. The van der Waals surface area contributed by atoms with Gasteiger partial charge < -0.3 is 5.11 Å². The predicted molar refractivity (Wildman–Crippen MR) is 85.8 cm³/mol. The lowest BCUT2D eigenvalue weighted by Gasteiger charge is -2.10. The molecule has 1 atom stereocenters. The third-order valence-electron chi connectivity index (χ3n) is 3.52. The van der Waals surface area contributed by atoms with E-state index >= 15 is 0 Å². The molecule has 0 aliphatic heterocycles. The maximum Gasteiger partial charge on any atom is 0.102 e. The molecule has 0 saturated carbocycles. The van der Waals surface area contributed by atoms with Crippen molar-refractivity contribution in [3.63, 3.8) is 0 Å². The fourth-order valence-corrected chi connectivity index (χ4v) is 2.88. The molecule has 0 fully saturated rings. The van der Waals surface area contributed by atoms with Crippen molar-refractivity contribution in [1.29, 1.82) is 0 Å². The van der Waals surface area contributed by atoms with Crippen LogP contribution in [0.4, 0.5) is 0 Å². The van der Waals surface area contributed by atoms with E-state index in [2.05, 4.69) is 5.10 Å². The summed E-state index contributed by atoms with van der Waals surface area (Å²) in [5, 5.41) is 17.1. The summed E-state index contributed by atoms with van der Waals surface area (Å²) >= 11 is 12.1. The second kappa shape index (κ2) is 5.68. The molecule has 1 heterocycles. The lowest BCUT2D eigenvalue weighted by atomic mass is 10.0. The normalized spacial score (nSPS) is 12.8. The van der Waals surface area contributed by atoms with Crippen molar-refractivity contribution in [3.05, 3.63) is 63.8 Å². The molecule has 3 aromatic rings. The van der Waals surface area contributed by atoms with Crippen molar-refractivity contribution in [2.24, 2.45) is 7.05 Å². The van der Waals surface area contributed by atoms with Gasteiger partial charge in [-0.1, -0.05) is 41.4 Å². The van der Waals surface area contributed by atoms with Gasteiger partial charge in [-0.15, -0.1) is 0 Å². The molecule has 0 amide bonds. The van der Waals surface area contributed by atoms with E-state index in [9.17, 15) is 5.11 Å². The quantitative estimate of drug-likeness (QED) is 0.787. The Morgan fingerprint density at radius 3 is 2.76 bits per heavy atom. The summed E-state index contributed by atoms with van der Waals surface area (Å²) in [5.74, 6) is 0. The van der Waals surface area contributed by atoms with Crippen molar-refractivity contribution >= 4 is 34.1 Å². The second-order valence-corrected chi connectivity index (χ2v) is 5.83. The van der Waals surface area contributed by atoms with Gasteiger partial charge in [-0.2, -0.15) is 5.10 Å². The minimum Gasteiger partial charge on any atom is -0.386 e. The summed E-state index contributed by atoms with van der Waals surface area (Å²) in [6, 6.07) is 13.1. The molecule has 3 rings (SSSR count). The monoisotopic (exact) mass is 320 g/mol. The largest absolute Gasteiger partial charge is 0.386 e. The zero-order valence-electron chi connectivity index (χ0n) is 11.4. The van der Waals surface area contributed by atoms with Gasteiger partial charge in [-0.05, 0) is 29.8 Å². The van der Waals surface area contributed by atoms with Crippen LogP contribution >= 0.6 is 23.2 Å². The highest BCUT2D eigenvalue weighted by molar-refractivity contribution is 6.33. The Labute approximate surface area is 132 Å². The van der Waals surface area contributed by atoms with Gasteiger partial charge in [0, 0.05) is 28.9 Å². The summed E-state index contributed by atoms with van der Waals surface area (Å²) in [7, 11) is 1.87. The second-order valence-electron chi connectivity index (χ2n) is 4.98. The van der Waals surface area contributed by atoms with Crippen LogP contribution in [0, 0.1) is 0 Å². The molecule has 0 aliphatic carbocycles. The smallest absolute Gasteiger partial charge is 0.102 e. The maximum atomic E-state index is 10.5. The van der Waals surface area contributed by atoms with Crippen LogP contribution in [0.15, 0.2) is 42.5 Å². The topological polar surface area (TPSA) is 38.0 Å². The Kier molecular flexibility index (Phi) is 3.89. The number of aromatic nitrogens is 2. The molecule has 0 aliphatic rings. The third kappa shape index (κ3) is 2.77. The summed E-state index contributed by atoms with van der Waals surface area (Å²) in [6.07, 6.45) is -0.354. The molecule has 5 heteroatoms. The number of aliphatic hydroxyl groups excluding tert-OH is 1. The first-order chi connectivity index (χ1) is 10.1. The van der Waals surface area contributed by atoms with Crippen LogP contribution in [0.25, 0.3) is 10.9 Å². The summed E-state index contributed by atoms with van der Waals surface area (Å²) in [6.45, 7) is 0. The van der Waals surface area contributed by atoms with Crippen LogP contribution in [0.2, 0.25) is 10.0 Å². The highest BCUT2D eigenvalue weighted by Crippen LogP contribution is 2.29. The molecular formula is C16H14Cl2N2O. The lowest BCUT2D eigenvalue weighted by molar-refractivity contribution is 0.174. The van der Waals surface area contributed by atoms with E-state index < -0.39 is 6.10 Å². The number of nitrogens with zero attached hydrogens (tertiary/aromatic N) is 2. The van der Waals surface area contributed by atoms with Crippen LogP contribution in [0.5, 0.6) is 0 Å². The zero-order valence-corrected chi connectivity index (χ0v) is 12.9. The average Bonchev–Trinajstić information content (AvgIpc) is 2.81.